The average Bonchev–Trinajstić information content (AvgIpc) is 2.42. The Kier molecular flexibility index (Phi) is 3.08. The second-order valence-corrected chi connectivity index (χ2v) is 3.96. The molecule has 0 spiro atoms. The van der Waals surface area contributed by atoms with E-state index >= 15 is 0 Å². The van der Waals surface area contributed by atoms with Crippen molar-refractivity contribution in [1.29, 1.82) is 0 Å². The standard InChI is InChI=1S/C9H7NO2S.ClH/c1-5-10-7-3-2-6(9(11)12)4-8(7)13-5;/h2-4H,1H3,(H,11,12);1H. The summed E-state index contributed by atoms with van der Waals surface area (Å²) in [6.45, 7) is 1.91. The SMILES string of the molecule is Cc1nc2ccc(C(=O)O)cc2s1.Cl. The Morgan fingerprint density at radius 3 is 2.86 bits per heavy atom. The van der Waals surface area contributed by atoms with Crippen molar-refractivity contribution in [3.63, 3.8) is 0 Å². The maximum Gasteiger partial charge on any atom is 0.335 e. The number of hydrogen-bond donors (Lipinski definition) is 1. The van der Waals surface area contributed by atoms with E-state index < -0.39 is 5.97 Å². The first kappa shape index (κ1) is 10.9. The van der Waals surface area contributed by atoms with Gasteiger partial charge in [0.1, 0.15) is 0 Å². The van der Waals surface area contributed by atoms with Gasteiger partial charge < -0.3 is 5.11 Å². The van der Waals surface area contributed by atoms with E-state index in [9.17, 15) is 4.79 Å². The molecule has 2 aromatic rings. The predicted octanol–water partition coefficient (Wildman–Crippen LogP) is 2.72. The Bertz CT molecular complexity index is 481. The lowest BCUT2D eigenvalue weighted by Gasteiger charge is -1.91. The summed E-state index contributed by atoms with van der Waals surface area (Å²) in [5.41, 5.74) is 1.18. The van der Waals surface area contributed by atoms with Gasteiger partial charge in [0, 0.05) is 0 Å². The van der Waals surface area contributed by atoms with Gasteiger partial charge >= 0.3 is 5.97 Å². The lowest BCUT2D eigenvalue weighted by molar-refractivity contribution is 0.0697. The largest absolute Gasteiger partial charge is 0.478 e. The quantitative estimate of drug-likeness (QED) is 0.818. The number of aryl methyl sites for hydroxylation is 1. The molecule has 0 aliphatic rings. The fourth-order valence-corrected chi connectivity index (χ4v) is 2.04. The van der Waals surface area contributed by atoms with Crippen molar-refractivity contribution in [2.24, 2.45) is 0 Å². The number of carboxylic acid groups (broad SMARTS) is 1. The maximum absolute atomic E-state index is 10.6. The van der Waals surface area contributed by atoms with Gasteiger partial charge in [0.25, 0.3) is 0 Å². The van der Waals surface area contributed by atoms with Gasteiger partial charge in [0.05, 0.1) is 20.8 Å². The van der Waals surface area contributed by atoms with Gasteiger partial charge in [-0.05, 0) is 25.1 Å². The highest BCUT2D eigenvalue weighted by molar-refractivity contribution is 7.18. The summed E-state index contributed by atoms with van der Waals surface area (Å²) in [5.74, 6) is -0.895. The van der Waals surface area contributed by atoms with Crippen LogP contribution in [0.2, 0.25) is 0 Å². The van der Waals surface area contributed by atoms with E-state index in [1.54, 1.807) is 18.2 Å². The Balaban J connectivity index is 0.000000980. The van der Waals surface area contributed by atoms with Crippen LogP contribution in [0.5, 0.6) is 0 Å². The zero-order valence-electron chi connectivity index (χ0n) is 7.35. The highest BCUT2D eigenvalue weighted by Gasteiger charge is 2.05. The van der Waals surface area contributed by atoms with Crippen molar-refractivity contribution < 1.29 is 9.90 Å². The van der Waals surface area contributed by atoms with Crippen LogP contribution in [0, 0.1) is 6.92 Å². The zero-order chi connectivity index (χ0) is 9.42. The van der Waals surface area contributed by atoms with Crippen LogP contribution >= 0.6 is 23.7 Å². The zero-order valence-corrected chi connectivity index (χ0v) is 8.98. The Morgan fingerprint density at radius 2 is 2.21 bits per heavy atom. The van der Waals surface area contributed by atoms with E-state index in [0.29, 0.717) is 5.56 Å². The monoisotopic (exact) mass is 229 g/mol. The Hall–Kier alpha value is -1.13. The number of aromatic nitrogens is 1. The van der Waals surface area contributed by atoms with Gasteiger partial charge in [0.15, 0.2) is 0 Å². The minimum Gasteiger partial charge on any atom is -0.478 e. The molecule has 0 bridgehead atoms. The molecule has 74 valence electrons. The van der Waals surface area contributed by atoms with E-state index in [1.807, 2.05) is 6.92 Å². The van der Waals surface area contributed by atoms with Gasteiger partial charge in [-0.25, -0.2) is 9.78 Å². The highest BCUT2D eigenvalue weighted by Crippen LogP contribution is 2.22. The molecule has 0 fully saturated rings. The molecule has 3 nitrogen and oxygen atoms in total. The summed E-state index contributed by atoms with van der Waals surface area (Å²) < 4.78 is 0.928. The van der Waals surface area contributed by atoms with Gasteiger partial charge in [-0.3, -0.25) is 0 Å². The molecular formula is C9H8ClNO2S. The van der Waals surface area contributed by atoms with Crippen molar-refractivity contribution in [2.75, 3.05) is 0 Å². The first-order valence-corrected chi connectivity index (χ1v) is 4.59. The molecule has 14 heavy (non-hydrogen) atoms. The Morgan fingerprint density at radius 1 is 1.50 bits per heavy atom. The van der Waals surface area contributed by atoms with E-state index in [-0.39, 0.29) is 12.4 Å². The van der Waals surface area contributed by atoms with Crippen LogP contribution in [0.25, 0.3) is 10.2 Å². The molecule has 0 amide bonds. The van der Waals surface area contributed by atoms with Gasteiger partial charge in [-0.1, -0.05) is 0 Å². The molecule has 0 atom stereocenters. The Labute approximate surface area is 90.8 Å². The molecule has 0 aliphatic heterocycles. The summed E-state index contributed by atoms with van der Waals surface area (Å²) in [6.07, 6.45) is 0. The minimum atomic E-state index is -0.895. The normalized spacial score (nSPS) is 9.79. The highest BCUT2D eigenvalue weighted by atomic mass is 35.5. The molecule has 0 saturated carbocycles. The molecule has 0 saturated heterocycles. The fraction of sp³-hybridized carbons (Fsp3) is 0.111. The number of thiazole rings is 1. The molecule has 1 aromatic heterocycles. The van der Waals surface area contributed by atoms with Crippen LogP contribution < -0.4 is 0 Å². The topological polar surface area (TPSA) is 50.2 Å². The van der Waals surface area contributed by atoms with Crippen molar-refractivity contribution >= 4 is 39.9 Å². The molecule has 5 heteroatoms. The molecule has 1 aromatic carbocycles. The molecule has 2 rings (SSSR count). The van der Waals surface area contributed by atoms with E-state index in [4.69, 9.17) is 5.11 Å². The average molecular weight is 230 g/mol. The number of aromatic carboxylic acids is 1. The molecule has 0 aliphatic carbocycles. The van der Waals surface area contributed by atoms with Crippen LogP contribution in [0.3, 0.4) is 0 Å². The predicted molar refractivity (Wildman–Crippen MR) is 58.6 cm³/mol. The van der Waals surface area contributed by atoms with E-state index in [1.165, 1.54) is 11.3 Å². The second kappa shape index (κ2) is 3.94. The molecule has 0 unspecified atom stereocenters. The van der Waals surface area contributed by atoms with Crippen LogP contribution in [0.1, 0.15) is 15.4 Å². The van der Waals surface area contributed by atoms with Crippen molar-refractivity contribution in [1.82, 2.24) is 4.98 Å². The second-order valence-electron chi connectivity index (χ2n) is 2.72. The molecule has 1 heterocycles. The summed E-state index contributed by atoms with van der Waals surface area (Å²) >= 11 is 1.51. The van der Waals surface area contributed by atoms with Crippen LogP contribution in [0.15, 0.2) is 18.2 Å². The van der Waals surface area contributed by atoms with Gasteiger partial charge in [0.2, 0.25) is 0 Å². The third-order valence-corrected chi connectivity index (χ3v) is 2.68. The summed E-state index contributed by atoms with van der Waals surface area (Å²) in [6, 6.07) is 4.97. The van der Waals surface area contributed by atoms with E-state index in [0.717, 1.165) is 15.2 Å². The van der Waals surface area contributed by atoms with Gasteiger partial charge in [-0.15, -0.1) is 23.7 Å². The van der Waals surface area contributed by atoms with Gasteiger partial charge in [-0.2, -0.15) is 0 Å². The third-order valence-electron chi connectivity index (χ3n) is 1.74. The van der Waals surface area contributed by atoms with Crippen LogP contribution in [0.4, 0.5) is 0 Å². The first-order valence-electron chi connectivity index (χ1n) is 3.77. The van der Waals surface area contributed by atoms with E-state index in [2.05, 4.69) is 4.98 Å². The lowest BCUT2D eigenvalue weighted by Crippen LogP contribution is -1.94. The number of rotatable bonds is 1. The number of benzene rings is 1. The smallest absolute Gasteiger partial charge is 0.335 e. The van der Waals surface area contributed by atoms with Crippen LogP contribution in [-0.2, 0) is 0 Å². The minimum absolute atomic E-state index is 0. The number of carboxylic acids is 1. The lowest BCUT2D eigenvalue weighted by atomic mass is 10.2. The van der Waals surface area contributed by atoms with Crippen molar-refractivity contribution in [2.45, 2.75) is 6.92 Å². The summed E-state index contributed by atoms with van der Waals surface area (Å²) in [5, 5.41) is 9.69. The number of halogens is 1. The third kappa shape index (κ3) is 1.86. The van der Waals surface area contributed by atoms with Crippen LogP contribution in [-0.4, -0.2) is 16.1 Å². The number of hydrogen-bond acceptors (Lipinski definition) is 3. The molecule has 0 radical (unpaired) electrons. The first-order chi connectivity index (χ1) is 6.16. The maximum atomic E-state index is 10.6. The molecular weight excluding hydrogens is 222 g/mol. The number of carbonyl (C=O) groups is 1. The molecule has 1 N–H and O–H groups in total. The number of fused-ring (bicyclic) bond motifs is 1. The summed E-state index contributed by atoms with van der Waals surface area (Å²) in [7, 11) is 0. The fourth-order valence-electron chi connectivity index (χ4n) is 1.17. The van der Waals surface area contributed by atoms with Crippen molar-refractivity contribution in [3.05, 3.63) is 28.8 Å². The van der Waals surface area contributed by atoms with Crippen molar-refractivity contribution in [3.8, 4) is 0 Å². The summed E-state index contributed by atoms with van der Waals surface area (Å²) in [4.78, 5) is 14.9. The number of nitrogens with zero attached hydrogens (tertiary/aromatic N) is 1.